The number of hydrogen-bond acceptors (Lipinski definition) is 6. The van der Waals surface area contributed by atoms with Crippen LogP contribution in [0.2, 0.25) is 0 Å². The molecule has 6 heteroatoms. The summed E-state index contributed by atoms with van der Waals surface area (Å²) in [6, 6.07) is 5.66. The van der Waals surface area contributed by atoms with Gasteiger partial charge in [0, 0.05) is 24.2 Å². The molecule has 21 heavy (non-hydrogen) atoms. The molecule has 1 aliphatic carbocycles. The van der Waals surface area contributed by atoms with Gasteiger partial charge in [0.2, 0.25) is 0 Å². The SMILES string of the molecule is c1coc(-c2nc(NCC3CC3)cc(-c3nccs3)n2)c1. The van der Waals surface area contributed by atoms with Gasteiger partial charge in [-0.2, -0.15) is 0 Å². The lowest BCUT2D eigenvalue weighted by molar-refractivity contribution is 0.577. The zero-order valence-corrected chi connectivity index (χ0v) is 12.1. The van der Waals surface area contributed by atoms with Gasteiger partial charge in [0.15, 0.2) is 11.6 Å². The molecule has 3 heterocycles. The van der Waals surface area contributed by atoms with Crippen LogP contribution in [0.1, 0.15) is 12.8 Å². The zero-order chi connectivity index (χ0) is 14.1. The van der Waals surface area contributed by atoms with Gasteiger partial charge in [-0.25, -0.2) is 15.0 Å². The highest BCUT2D eigenvalue weighted by molar-refractivity contribution is 7.13. The van der Waals surface area contributed by atoms with Gasteiger partial charge in [0.1, 0.15) is 16.5 Å². The Kier molecular flexibility index (Phi) is 3.16. The van der Waals surface area contributed by atoms with E-state index in [0.29, 0.717) is 11.6 Å². The van der Waals surface area contributed by atoms with Crippen LogP contribution in [-0.4, -0.2) is 21.5 Å². The second-order valence-electron chi connectivity index (χ2n) is 5.10. The lowest BCUT2D eigenvalue weighted by Gasteiger charge is -2.07. The molecule has 0 bridgehead atoms. The first-order valence-corrected chi connectivity index (χ1v) is 7.83. The van der Waals surface area contributed by atoms with E-state index >= 15 is 0 Å². The van der Waals surface area contributed by atoms with Crippen molar-refractivity contribution in [2.24, 2.45) is 5.92 Å². The summed E-state index contributed by atoms with van der Waals surface area (Å²) in [5, 5.41) is 6.23. The molecule has 1 saturated carbocycles. The normalized spacial score (nSPS) is 14.3. The van der Waals surface area contributed by atoms with Crippen LogP contribution in [0.3, 0.4) is 0 Å². The van der Waals surface area contributed by atoms with Crippen LogP contribution in [0.25, 0.3) is 22.3 Å². The number of furan rings is 1. The highest BCUT2D eigenvalue weighted by Crippen LogP contribution is 2.30. The van der Waals surface area contributed by atoms with Crippen molar-refractivity contribution >= 4 is 17.2 Å². The Hall–Kier alpha value is -2.21. The van der Waals surface area contributed by atoms with Crippen LogP contribution >= 0.6 is 11.3 Å². The third-order valence-corrected chi connectivity index (χ3v) is 4.18. The number of anilines is 1. The largest absolute Gasteiger partial charge is 0.461 e. The molecule has 1 aliphatic rings. The Morgan fingerprint density at radius 2 is 2.29 bits per heavy atom. The van der Waals surface area contributed by atoms with Crippen molar-refractivity contribution in [3.05, 3.63) is 36.0 Å². The van der Waals surface area contributed by atoms with Gasteiger partial charge in [-0.15, -0.1) is 11.3 Å². The molecular weight excluding hydrogens is 284 g/mol. The third-order valence-electron chi connectivity index (χ3n) is 3.39. The van der Waals surface area contributed by atoms with E-state index in [1.165, 1.54) is 12.8 Å². The topological polar surface area (TPSA) is 63.8 Å². The van der Waals surface area contributed by atoms with E-state index < -0.39 is 0 Å². The van der Waals surface area contributed by atoms with Crippen LogP contribution in [0.4, 0.5) is 5.82 Å². The van der Waals surface area contributed by atoms with Gasteiger partial charge in [0.25, 0.3) is 0 Å². The lowest BCUT2D eigenvalue weighted by atomic mass is 10.3. The molecule has 3 aromatic rings. The minimum Gasteiger partial charge on any atom is -0.461 e. The van der Waals surface area contributed by atoms with Gasteiger partial charge in [0.05, 0.1) is 6.26 Å². The second-order valence-corrected chi connectivity index (χ2v) is 6.00. The highest BCUT2D eigenvalue weighted by atomic mass is 32.1. The van der Waals surface area contributed by atoms with E-state index in [1.54, 1.807) is 23.8 Å². The van der Waals surface area contributed by atoms with Crippen molar-refractivity contribution in [3.63, 3.8) is 0 Å². The van der Waals surface area contributed by atoms with E-state index in [4.69, 9.17) is 4.42 Å². The standard InChI is InChI=1S/C15H14N4OS/c1-2-12(20-6-1)14-18-11(15-16-5-7-21-15)8-13(19-14)17-9-10-3-4-10/h1-2,5-8,10H,3-4,9H2,(H,17,18,19). The van der Waals surface area contributed by atoms with Crippen LogP contribution in [0.5, 0.6) is 0 Å². The lowest BCUT2D eigenvalue weighted by Crippen LogP contribution is -2.06. The summed E-state index contributed by atoms with van der Waals surface area (Å²) in [5.41, 5.74) is 0.824. The molecule has 1 fully saturated rings. The quantitative estimate of drug-likeness (QED) is 0.778. The number of hydrogen-bond donors (Lipinski definition) is 1. The van der Waals surface area contributed by atoms with Crippen molar-refractivity contribution < 1.29 is 4.42 Å². The molecule has 1 N–H and O–H groups in total. The molecule has 0 saturated heterocycles. The fourth-order valence-electron chi connectivity index (χ4n) is 2.08. The second kappa shape index (κ2) is 5.29. The van der Waals surface area contributed by atoms with Gasteiger partial charge < -0.3 is 9.73 Å². The summed E-state index contributed by atoms with van der Waals surface area (Å²) >= 11 is 1.57. The first-order valence-electron chi connectivity index (χ1n) is 6.95. The van der Waals surface area contributed by atoms with Crippen molar-refractivity contribution in [3.8, 4) is 22.3 Å². The summed E-state index contributed by atoms with van der Waals surface area (Å²) in [4.78, 5) is 13.4. The molecule has 0 aromatic carbocycles. The first-order chi connectivity index (χ1) is 10.4. The molecule has 3 aromatic heterocycles. The summed E-state index contributed by atoms with van der Waals surface area (Å²) in [6.07, 6.45) is 6.03. The molecule has 5 nitrogen and oxygen atoms in total. The summed E-state index contributed by atoms with van der Waals surface area (Å²) in [7, 11) is 0. The monoisotopic (exact) mass is 298 g/mol. The molecule has 4 rings (SSSR count). The van der Waals surface area contributed by atoms with Crippen LogP contribution in [0, 0.1) is 5.92 Å². The predicted molar refractivity (Wildman–Crippen MR) is 82.1 cm³/mol. The minimum atomic E-state index is 0.589. The number of rotatable bonds is 5. The number of aromatic nitrogens is 3. The van der Waals surface area contributed by atoms with Crippen LogP contribution in [-0.2, 0) is 0 Å². The van der Waals surface area contributed by atoms with Crippen LogP contribution in [0.15, 0.2) is 40.5 Å². The van der Waals surface area contributed by atoms with E-state index in [0.717, 1.165) is 29.0 Å². The van der Waals surface area contributed by atoms with Gasteiger partial charge in [-0.1, -0.05) is 0 Å². The Balaban J connectivity index is 1.71. The summed E-state index contributed by atoms with van der Waals surface area (Å²) in [5.74, 6) is 2.87. The first kappa shape index (κ1) is 12.5. The van der Waals surface area contributed by atoms with Crippen molar-refractivity contribution in [1.29, 1.82) is 0 Å². The summed E-state index contributed by atoms with van der Waals surface area (Å²) < 4.78 is 5.42. The molecule has 0 radical (unpaired) electrons. The maximum atomic E-state index is 5.42. The average molecular weight is 298 g/mol. The number of nitrogens with zero attached hydrogens (tertiary/aromatic N) is 3. The number of nitrogens with one attached hydrogen (secondary N) is 1. The summed E-state index contributed by atoms with van der Waals surface area (Å²) in [6.45, 7) is 0.964. The maximum Gasteiger partial charge on any atom is 0.198 e. The molecule has 0 amide bonds. The fraction of sp³-hybridized carbons (Fsp3) is 0.267. The van der Waals surface area contributed by atoms with E-state index in [9.17, 15) is 0 Å². The molecule has 0 aliphatic heterocycles. The van der Waals surface area contributed by atoms with Crippen LogP contribution < -0.4 is 5.32 Å². The molecule has 0 spiro atoms. The van der Waals surface area contributed by atoms with Gasteiger partial charge >= 0.3 is 0 Å². The average Bonchev–Trinajstić information content (AvgIpc) is 2.99. The van der Waals surface area contributed by atoms with E-state index in [-0.39, 0.29) is 0 Å². The molecule has 0 unspecified atom stereocenters. The Morgan fingerprint density at radius 3 is 3.00 bits per heavy atom. The van der Waals surface area contributed by atoms with Crippen molar-refractivity contribution in [2.75, 3.05) is 11.9 Å². The van der Waals surface area contributed by atoms with E-state index in [1.807, 2.05) is 23.6 Å². The molecule has 106 valence electrons. The van der Waals surface area contributed by atoms with E-state index in [2.05, 4.69) is 20.3 Å². The Labute approximate surface area is 126 Å². The minimum absolute atomic E-state index is 0.589. The molecular formula is C15H14N4OS. The highest BCUT2D eigenvalue weighted by Gasteiger charge is 2.21. The third kappa shape index (κ3) is 2.80. The fourth-order valence-corrected chi connectivity index (χ4v) is 2.68. The Morgan fingerprint density at radius 1 is 1.33 bits per heavy atom. The van der Waals surface area contributed by atoms with Gasteiger partial charge in [-0.05, 0) is 30.9 Å². The number of thiazole rings is 1. The Bertz CT molecular complexity index is 668. The molecule has 0 atom stereocenters. The van der Waals surface area contributed by atoms with Crippen molar-refractivity contribution in [2.45, 2.75) is 12.8 Å². The maximum absolute atomic E-state index is 5.42. The van der Waals surface area contributed by atoms with Crippen molar-refractivity contribution in [1.82, 2.24) is 15.0 Å². The smallest absolute Gasteiger partial charge is 0.198 e. The van der Waals surface area contributed by atoms with Gasteiger partial charge in [-0.3, -0.25) is 0 Å². The predicted octanol–water partition coefficient (Wildman–Crippen LogP) is 3.68. The zero-order valence-electron chi connectivity index (χ0n) is 11.3.